The monoisotopic (exact) mass is 469 g/mol. The molecule has 0 saturated carbocycles. The third kappa shape index (κ3) is 5.80. The second-order valence-corrected chi connectivity index (χ2v) is 7.45. The molecule has 4 aromatic rings. The Morgan fingerprint density at radius 1 is 0.829 bits per heavy atom. The second kappa shape index (κ2) is 10.9. The molecule has 35 heavy (non-hydrogen) atoms. The molecular formula is C27H23N3O5. The number of nitrogens with one attached hydrogen (secondary N) is 1. The summed E-state index contributed by atoms with van der Waals surface area (Å²) in [7, 11) is 0. The average molecular weight is 469 g/mol. The Morgan fingerprint density at radius 2 is 1.49 bits per heavy atom. The summed E-state index contributed by atoms with van der Waals surface area (Å²) in [5.74, 6) is -1.64. The van der Waals surface area contributed by atoms with Crippen LogP contribution < -0.4 is 5.32 Å². The first-order valence-electron chi connectivity index (χ1n) is 11.0. The Morgan fingerprint density at radius 3 is 2.14 bits per heavy atom. The topological polar surface area (TPSA) is 99.5 Å². The van der Waals surface area contributed by atoms with Crippen molar-refractivity contribution in [2.45, 2.75) is 6.92 Å². The lowest BCUT2D eigenvalue weighted by Crippen LogP contribution is -2.22. The first-order valence-corrected chi connectivity index (χ1v) is 11.0. The fourth-order valence-electron chi connectivity index (χ4n) is 3.35. The van der Waals surface area contributed by atoms with E-state index in [0.717, 1.165) is 5.56 Å². The minimum Gasteiger partial charge on any atom is -0.462 e. The van der Waals surface area contributed by atoms with Gasteiger partial charge in [0, 0.05) is 11.3 Å². The summed E-state index contributed by atoms with van der Waals surface area (Å²) >= 11 is 0. The Hall–Kier alpha value is -4.72. The van der Waals surface area contributed by atoms with Gasteiger partial charge in [-0.25, -0.2) is 14.3 Å². The zero-order valence-corrected chi connectivity index (χ0v) is 19.0. The maximum atomic E-state index is 12.9. The predicted molar refractivity (Wildman–Crippen MR) is 130 cm³/mol. The van der Waals surface area contributed by atoms with E-state index in [2.05, 4.69) is 10.4 Å². The molecule has 1 amide bonds. The summed E-state index contributed by atoms with van der Waals surface area (Å²) in [6.45, 7) is 1.51. The summed E-state index contributed by atoms with van der Waals surface area (Å²) in [5, 5.41) is 7.21. The van der Waals surface area contributed by atoms with Crippen LogP contribution >= 0.6 is 0 Å². The third-order valence-electron chi connectivity index (χ3n) is 5.00. The van der Waals surface area contributed by atoms with E-state index in [-0.39, 0.29) is 12.3 Å². The van der Waals surface area contributed by atoms with Crippen molar-refractivity contribution in [1.29, 1.82) is 0 Å². The zero-order valence-electron chi connectivity index (χ0n) is 19.0. The number of carbonyl (C=O) groups is 3. The molecule has 8 nitrogen and oxygen atoms in total. The van der Waals surface area contributed by atoms with E-state index in [1.165, 1.54) is 4.68 Å². The number of esters is 2. The molecule has 176 valence electrons. The average Bonchev–Trinajstić information content (AvgIpc) is 3.35. The summed E-state index contributed by atoms with van der Waals surface area (Å²) < 4.78 is 11.7. The summed E-state index contributed by atoms with van der Waals surface area (Å²) in [6, 6.07) is 26.5. The van der Waals surface area contributed by atoms with Crippen molar-refractivity contribution in [2.75, 3.05) is 18.5 Å². The lowest BCUT2D eigenvalue weighted by atomic mass is 10.1. The molecule has 1 N–H and O–H groups in total. The highest BCUT2D eigenvalue weighted by molar-refractivity contribution is 5.96. The molecule has 0 aliphatic carbocycles. The Bertz CT molecular complexity index is 1320. The standard InChI is InChI=1S/C27H23N3O5/c1-2-34-26(32)20-13-15-21(16-14-20)28-25(31)18-35-27(33)24-17-23(19-9-5-3-6-10-19)29-30(24)22-11-7-4-8-12-22/h3-17H,2,18H2,1H3,(H,28,31). The van der Waals surface area contributed by atoms with Gasteiger partial charge in [0.1, 0.15) is 0 Å². The van der Waals surface area contributed by atoms with E-state index in [9.17, 15) is 14.4 Å². The van der Waals surface area contributed by atoms with E-state index < -0.39 is 24.5 Å². The predicted octanol–water partition coefficient (Wildman–Crippen LogP) is 4.51. The number of para-hydroxylation sites is 1. The molecule has 1 heterocycles. The van der Waals surface area contributed by atoms with Gasteiger partial charge in [-0.3, -0.25) is 4.79 Å². The molecule has 0 aliphatic heterocycles. The minimum atomic E-state index is -0.684. The molecule has 0 atom stereocenters. The van der Waals surface area contributed by atoms with Crippen molar-refractivity contribution in [1.82, 2.24) is 9.78 Å². The number of anilines is 1. The van der Waals surface area contributed by atoms with Crippen molar-refractivity contribution < 1.29 is 23.9 Å². The fourth-order valence-corrected chi connectivity index (χ4v) is 3.35. The van der Waals surface area contributed by atoms with Crippen molar-refractivity contribution in [3.05, 3.63) is 102 Å². The normalized spacial score (nSPS) is 10.4. The molecule has 4 rings (SSSR count). The van der Waals surface area contributed by atoms with Crippen molar-refractivity contribution in [3.63, 3.8) is 0 Å². The number of ether oxygens (including phenoxy) is 2. The van der Waals surface area contributed by atoms with Crippen LogP contribution in [0.4, 0.5) is 5.69 Å². The van der Waals surface area contributed by atoms with Gasteiger partial charge in [0.15, 0.2) is 12.3 Å². The SMILES string of the molecule is CCOC(=O)c1ccc(NC(=O)COC(=O)c2cc(-c3ccccc3)nn2-c2ccccc2)cc1. The van der Waals surface area contributed by atoms with Crippen LogP contribution in [-0.2, 0) is 14.3 Å². The molecule has 0 fully saturated rings. The van der Waals surface area contributed by atoms with E-state index in [4.69, 9.17) is 9.47 Å². The van der Waals surface area contributed by atoms with Crippen LogP contribution in [0.1, 0.15) is 27.8 Å². The zero-order chi connectivity index (χ0) is 24.6. The smallest absolute Gasteiger partial charge is 0.357 e. The van der Waals surface area contributed by atoms with Crippen LogP contribution in [0.15, 0.2) is 91.0 Å². The molecule has 0 spiro atoms. The largest absolute Gasteiger partial charge is 0.462 e. The maximum Gasteiger partial charge on any atom is 0.357 e. The van der Waals surface area contributed by atoms with Crippen LogP contribution in [0.2, 0.25) is 0 Å². The summed E-state index contributed by atoms with van der Waals surface area (Å²) in [6.07, 6.45) is 0. The van der Waals surface area contributed by atoms with Crippen LogP contribution in [0.25, 0.3) is 16.9 Å². The highest BCUT2D eigenvalue weighted by Crippen LogP contribution is 2.22. The maximum absolute atomic E-state index is 12.9. The van der Waals surface area contributed by atoms with Gasteiger partial charge in [0.05, 0.1) is 23.6 Å². The lowest BCUT2D eigenvalue weighted by Gasteiger charge is -2.09. The number of carbonyl (C=O) groups excluding carboxylic acids is 3. The van der Waals surface area contributed by atoms with Gasteiger partial charge in [0.25, 0.3) is 5.91 Å². The number of amides is 1. The van der Waals surface area contributed by atoms with Gasteiger partial charge < -0.3 is 14.8 Å². The second-order valence-electron chi connectivity index (χ2n) is 7.45. The minimum absolute atomic E-state index is 0.196. The molecule has 1 aromatic heterocycles. The quantitative estimate of drug-likeness (QED) is 0.381. The number of aromatic nitrogens is 2. The van der Waals surface area contributed by atoms with Crippen LogP contribution in [0, 0.1) is 0 Å². The van der Waals surface area contributed by atoms with Crippen molar-refractivity contribution >= 4 is 23.5 Å². The van der Waals surface area contributed by atoms with E-state index in [0.29, 0.717) is 22.6 Å². The van der Waals surface area contributed by atoms with Crippen molar-refractivity contribution in [2.24, 2.45) is 0 Å². The fraction of sp³-hybridized carbons (Fsp3) is 0.111. The van der Waals surface area contributed by atoms with Gasteiger partial charge in [0.2, 0.25) is 0 Å². The molecule has 0 saturated heterocycles. The number of hydrogen-bond donors (Lipinski definition) is 1. The van der Waals surface area contributed by atoms with E-state index in [1.54, 1.807) is 37.3 Å². The number of benzene rings is 3. The molecular weight excluding hydrogens is 446 g/mol. The van der Waals surface area contributed by atoms with Crippen LogP contribution in [-0.4, -0.2) is 40.8 Å². The summed E-state index contributed by atoms with van der Waals surface area (Å²) in [4.78, 5) is 37.0. The van der Waals surface area contributed by atoms with E-state index >= 15 is 0 Å². The molecule has 0 aliphatic rings. The first kappa shape index (κ1) is 23.4. The van der Waals surface area contributed by atoms with E-state index in [1.807, 2.05) is 60.7 Å². The number of rotatable bonds is 8. The van der Waals surface area contributed by atoms with Gasteiger partial charge in [-0.1, -0.05) is 48.5 Å². The number of hydrogen-bond acceptors (Lipinski definition) is 6. The molecule has 0 bridgehead atoms. The van der Waals surface area contributed by atoms with Crippen molar-refractivity contribution in [3.8, 4) is 16.9 Å². The first-order chi connectivity index (χ1) is 17.0. The Balaban J connectivity index is 1.45. The highest BCUT2D eigenvalue weighted by atomic mass is 16.5. The Labute approximate surface area is 202 Å². The Kier molecular flexibility index (Phi) is 7.32. The molecule has 0 radical (unpaired) electrons. The summed E-state index contributed by atoms with van der Waals surface area (Å²) in [5.41, 5.74) is 3.17. The van der Waals surface area contributed by atoms with Gasteiger partial charge in [-0.05, 0) is 49.4 Å². The van der Waals surface area contributed by atoms with Gasteiger partial charge >= 0.3 is 11.9 Å². The van der Waals surface area contributed by atoms with Gasteiger partial charge in [-0.2, -0.15) is 5.10 Å². The molecule has 8 heteroatoms. The number of nitrogens with zero attached hydrogens (tertiary/aromatic N) is 2. The molecule has 0 unspecified atom stereocenters. The lowest BCUT2D eigenvalue weighted by molar-refractivity contribution is -0.119. The van der Waals surface area contributed by atoms with Crippen LogP contribution in [0.3, 0.4) is 0 Å². The van der Waals surface area contributed by atoms with Gasteiger partial charge in [-0.15, -0.1) is 0 Å². The molecule has 3 aromatic carbocycles. The third-order valence-corrected chi connectivity index (χ3v) is 5.00. The van der Waals surface area contributed by atoms with Crippen LogP contribution in [0.5, 0.6) is 0 Å². The highest BCUT2D eigenvalue weighted by Gasteiger charge is 2.20.